The van der Waals surface area contributed by atoms with Crippen molar-refractivity contribution in [1.82, 2.24) is 0 Å². The molecule has 1 aromatic rings. The molecule has 0 bridgehead atoms. The van der Waals surface area contributed by atoms with E-state index in [1.165, 1.54) is 5.56 Å². The number of carbonyl (C=O) groups excluding carboxylic acids is 1. The smallest absolute Gasteiger partial charge is 0.167 e. The summed E-state index contributed by atoms with van der Waals surface area (Å²) in [5, 5.41) is 0. The first kappa shape index (κ1) is 9.91. The summed E-state index contributed by atoms with van der Waals surface area (Å²) in [6.45, 7) is 7.96. The van der Waals surface area contributed by atoms with Gasteiger partial charge in [0.05, 0.1) is 0 Å². The zero-order valence-electron chi connectivity index (χ0n) is 9.13. The monoisotopic (exact) mass is 198 g/mol. The van der Waals surface area contributed by atoms with Crippen molar-refractivity contribution in [2.24, 2.45) is 0 Å². The molecule has 0 saturated heterocycles. The molecule has 0 radical (unpaired) electrons. The lowest BCUT2D eigenvalue weighted by Crippen LogP contribution is -1.93. The zero-order chi connectivity index (χ0) is 11.0. The van der Waals surface area contributed by atoms with Crippen LogP contribution in [-0.4, -0.2) is 5.78 Å². The third-order valence-corrected chi connectivity index (χ3v) is 2.81. The fourth-order valence-corrected chi connectivity index (χ4v) is 1.99. The highest BCUT2D eigenvalue weighted by Gasteiger charge is 2.23. The molecule has 76 valence electrons. The van der Waals surface area contributed by atoms with Gasteiger partial charge in [0.1, 0.15) is 0 Å². The van der Waals surface area contributed by atoms with Crippen LogP contribution in [0.4, 0.5) is 0 Å². The van der Waals surface area contributed by atoms with Gasteiger partial charge in [-0.15, -0.1) is 0 Å². The molecular formula is C14H14O. The maximum atomic E-state index is 11.7. The van der Waals surface area contributed by atoms with Gasteiger partial charge in [0.25, 0.3) is 0 Å². The zero-order valence-corrected chi connectivity index (χ0v) is 9.13. The number of allylic oxidation sites excluding steroid dienone is 2. The molecule has 1 aliphatic rings. The van der Waals surface area contributed by atoms with Crippen molar-refractivity contribution in [3.8, 4) is 0 Å². The minimum atomic E-state index is 0.195. The third kappa shape index (κ3) is 1.54. The van der Waals surface area contributed by atoms with Gasteiger partial charge in [-0.3, -0.25) is 4.79 Å². The molecule has 0 aliphatic heterocycles. The Hall–Kier alpha value is -1.63. The van der Waals surface area contributed by atoms with Gasteiger partial charge in [-0.2, -0.15) is 0 Å². The van der Waals surface area contributed by atoms with Gasteiger partial charge in [0, 0.05) is 12.0 Å². The summed E-state index contributed by atoms with van der Waals surface area (Å²) < 4.78 is 0. The van der Waals surface area contributed by atoms with Crippen LogP contribution in [0, 0.1) is 6.92 Å². The fourth-order valence-electron chi connectivity index (χ4n) is 1.99. The summed E-state index contributed by atoms with van der Waals surface area (Å²) >= 11 is 0. The molecule has 0 aromatic heterocycles. The van der Waals surface area contributed by atoms with E-state index in [1.807, 2.05) is 25.1 Å². The van der Waals surface area contributed by atoms with E-state index in [-0.39, 0.29) is 5.78 Å². The van der Waals surface area contributed by atoms with Crippen LogP contribution in [0.2, 0.25) is 0 Å². The number of aryl methyl sites for hydroxylation is 1. The lowest BCUT2D eigenvalue weighted by molar-refractivity contribution is 0.100. The summed E-state index contributed by atoms with van der Waals surface area (Å²) in [6, 6.07) is 4.04. The van der Waals surface area contributed by atoms with Gasteiger partial charge < -0.3 is 0 Å². The van der Waals surface area contributed by atoms with Gasteiger partial charge in [-0.25, -0.2) is 0 Å². The van der Waals surface area contributed by atoms with E-state index in [0.29, 0.717) is 6.42 Å². The van der Waals surface area contributed by atoms with E-state index >= 15 is 0 Å². The van der Waals surface area contributed by atoms with Crippen molar-refractivity contribution in [3.63, 3.8) is 0 Å². The van der Waals surface area contributed by atoms with Crippen molar-refractivity contribution < 1.29 is 4.79 Å². The maximum Gasteiger partial charge on any atom is 0.167 e. The van der Waals surface area contributed by atoms with Crippen LogP contribution in [0.1, 0.15) is 40.4 Å². The molecule has 1 aliphatic carbocycles. The Morgan fingerprint density at radius 1 is 1.33 bits per heavy atom. The van der Waals surface area contributed by atoms with Crippen molar-refractivity contribution in [1.29, 1.82) is 0 Å². The maximum absolute atomic E-state index is 11.7. The Kier molecular flexibility index (Phi) is 2.31. The molecule has 0 atom stereocenters. The highest BCUT2D eigenvalue weighted by atomic mass is 16.1. The SMILES string of the molecule is C=C1CC(=O)c2cc(/C=C\C)c(C)cc21. The molecule has 1 heteroatoms. The van der Waals surface area contributed by atoms with Gasteiger partial charge in [0.2, 0.25) is 0 Å². The topological polar surface area (TPSA) is 17.1 Å². The normalized spacial score (nSPS) is 15.1. The molecule has 1 aromatic carbocycles. The second-order valence-corrected chi connectivity index (χ2v) is 3.96. The molecule has 0 heterocycles. The number of rotatable bonds is 1. The van der Waals surface area contributed by atoms with Crippen LogP contribution >= 0.6 is 0 Å². The first-order valence-electron chi connectivity index (χ1n) is 5.12. The van der Waals surface area contributed by atoms with E-state index in [4.69, 9.17) is 0 Å². The Morgan fingerprint density at radius 2 is 2.07 bits per heavy atom. The van der Waals surface area contributed by atoms with E-state index in [0.717, 1.165) is 22.3 Å². The molecule has 2 rings (SSSR count). The minimum absolute atomic E-state index is 0.195. The average Bonchev–Trinajstić information content (AvgIpc) is 2.44. The van der Waals surface area contributed by atoms with E-state index in [9.17, 15) is 4.79 Å². The number of hydrogen-bond acceptors (Lipinski definition) is 1. The summed E-state index contributed by atoms with van der Waals surface area (Å²) in [4.78, 5) is 11.7. The lowest BCUT2D eigenvalue weighted by Gasteiger charge is -2.05. The van der Waals surface area contributed by atoms with Crippen molar-refractivity contribution >= 4 is 17.4 Å². The molecule has 0 spiro atoms. The molecule has 0 amide bonds. The van der Waals surface area contributed by atoms with E-state index < -0.39 is 0 Å². The Morgan fingerprint density at radius 3 is 2.73 bits per heavy atom. The van der Waals surface area contributed by atoms with Gasteiger partial charge >= 0.3 is 0 Å². The quantitative estimate of drug-likeness (QED) is 0.673. The van der Waals surface area contributed by atoms with Crippen molar-refractivity contribution in [3.05, 3.63) is 47.0 Å². The number of benzene rings is 1. The molecule has 15 heavy (non-hydrogen) atoms. The number of hydrogen-bond donors (Lipinski definition) is 0. The first-order chi connectivity index (χ1) is 7.13. The minimum Gasteiger partial charge on any atom is -0.294 e. The Bertz CT molecular complexity index is 478. The molecule has 0 saturated carbocycles. The number of carbonyl (C=O) groups is 1. The third-order valence-electron chi connectivity index (χ3n) is 2.81. The highest BCUT2D eigenvalue weighted by molar-refractivity contribution is 6.11. The van der Waals surface area contributed by atoms with Gasteiger partial charge in [-0.1, -0.05) is 24.8 Å². The second kappa shape index (κ2) is 3.50. The fraction of sp³-hybridized carbons (Fsp3) is 0.214. The summed E-state index contributed by atoms with van der Waals surface area (Å²) in [5.41, 5.74) is 5.14. The summed E-state index contributed by atoms with van der Waals surface area (Å²) in [7, 11) is 0. The molecule has 1 nitrogen and oxygen atoms in total. The standard InChI is InChI=1S/C14H14O/c1-4-5-11-8-13-12(6-9(11)2)10(3)7-14(13)15/h4-6,8H,3,7H2,1-2H3/b5-4-. The summed E-state index contributed by atoms with van der Waals surface area (Å²) in [5.74, 6) is 0.195. The predicted molar refractivity (Wildman–Crippen MR) is 63.9 cm³/mol. The van der Waals surface area contributed by atoms with Gasteiger partial charge in [0.15, 0.2) is 5.78 Å². The Balaban J connectivity index is 2.64. The van der Waals surface area contributed by atoms with Crippen LogP contribution in [0.25, 0.3) is 11.6 Å². The average molecular weight is 198 g/mol. The first-order valence-corrected chi connectivity index (χ1v) is 5.12. The van der Waals surface area contributed by atoms with Crippen LogP contribution in [0.15, 0.2) is 24.8 Å². The molecular weight excluding hydrogens is 184 g/mol. The Labute approximate surface area is 90.1 Å². The van der Waals surface area contributed by atoms with Crippen LogP contribution < -0.4 is 0 Å². The van der Waals surface area contributed by atoms with Crippen molar-refractivity contribution in [2.75, 3.05) is 0 Å². The van der Waals surface area contributed by atoms with Crippen LogP contribution in [-0.2, 0) is 0 Å². The summed E-state index contributed by atoms with van der Waals surface area (Å²) in [6.07, 6.45) is 4.50. The highest BCUT2D eigenvalue weighted by Crippen LogP contribution is 2.33. The van der Waals surface area contributed by atoms with Gasteiger partial charge in [-0.05, 0) is 42.2 Å². The number of Topliss-reactive ketones (excluding diaryl/α,β-unsaturated/α-hetero) is 1. The van der Waals surface area contributed by atoms with E-state index in [2.05, 4.69) is 19.6 Å². The number of fused-ring (bicyclic) bond motifs is 1. The largest absolute Gasteiger partial charge is 0.294 e. The number of ketones is 1. The van der Waals surface area contributed by atoms with E-state index in [1.54, 1.807) is 0 Å². The molecule has 0 fully saturated rings. The second-order valence-electron chi connectivity index (χ2n) is 3.96. The molecule has 0 unspecified atom stereocenters. The lowest BCUT2D eigenvalue weighted by atomic mass is 9.99. The molecule has 0 N–H and O–H groups in total. The van der Waals surface area contributed by atoms with Crippen LogP contribution in [0.3, 0.4) is 0 Å². The predicted octanol–water partition coefficient (Wildman–Crippen LogP) is 3.63. The van der Waals surface area contributed by atoms with Crippen molar-refractivity contribution in [2.45, 2.75) is 20.3 Å². The van der Waals surface area contributed by atoms with Crippen LogP contribution in [0.5, 0.6) is 0 Å².